The molecule has 1 heterocycles. The van der Waals surface area contributed by atoms with Crippen LogP contribution in [0.15, 0.2) is 12.4 Å². The molecule has 0 radical (unpaired) electrons. The molecule has 5 heteroatoms. The van der Waals surface area contributed by atoms with Crippen molar-refractivity contribution in [1.29, 1.82) is 0 Å². The zero-order valence-corrected chi connectivity index (χ0v) is 13.0. The lowest BCUT2D eigenvalue weighted by molar-refractivity contribution is 0.179. The van der Waals surface area contributed by atoms with Gasteiger partial charge in [0.05, 0.1) is 31.1 Å². The van der Waals surface area contributed by atoms with Crippen LogP contribution in [0.4, 0.5) is 5.69 Å². The highest BCUT2D eigenvalue weighted by atomic mass is 16.5. The molecular formula is C15H28N4O. The van der Waals surface area contributed by atoms with Crippen LogP contribution in [0.1, 0.15) is 26.7 Å². The van der Waals surface area contributed by atoms with E-state index in [0.717, 1.165) is 44.4 Å². The lowest BCUT2D eigenvalue weighted by Crippen LogP contribution is -2.27. The minimum atomic E-state index is 0.431. The van der Waals surface area contributed by atoms with Crippen molar-refractivity contribution in [3.05, 3.63) is 12.4 Å². The number of hydrogen-bond donors (Lipinski definition) is 1. The number of rotatable bonds is 10. The largest absolute Gasteiger partial charge is 0.383 e. The summed E-state index contributed by atoms with van der Waals surface area (Å²) < 4.78 is 7.32. The van der Waals surface area contributed by atoms with Crippen molar-refractivity contribution in [3.8, 4) is 0 Å². The van der Waals surface area contributed by atoms with Gasteiger partial charge in [0.1, 0.15) is 0 Å². The molecule has 1 aliphatic rings. The van der Waals surface area contributed by atoms with Crippen molar-refractivity contribution >= 4 is 5.69 Å². The van der Waals surface area contributed by atoms with Gasteiger partial charge in [-0.2, -0.15) is 5.10 Å². The summed E-state index contributed by atoms with van der Waals surface area (Å²) in [5.74, 6) is 0.772. The quantitative estimate of drug-likeness (QED) is 0.712. The maximum atomic E-state index is 5.30. The minimum Gasteiger partial charge on any atom is -0.383 e. The third kappa shape index (κ3) is 4.49. The summed E-state index contributed by atoms with van der Waals surface area (Å²) in [6.07, 6.45) is 6.66. The predicted octanol–water partition coefficient (Wildman–Crippen LogP) is 2.06. The van der Waals surface area contributed by atoms with E-state index in [0.29, 0.717) is 6.04 Å². The smallest absolute Gasteiger partial charge is 0.0729 e. The van der Waals surface area contributed by atoms with Gasteiger partial charge >= 0.3 is 0 Å². The Morgan fingerprint density at radius 3 is 2.80 bits per heavy atom. The summed E-state index contributed by atoms with van der Waals surface area (Å²) in [4.78, 5) is 2.41. The average Bonchev–Trinajstić information content (AvgIpc) is 3.21. The zero-order chi connectivity index (χ0) is 14.4. The van der Waals surface area contributed by atoms with Gasteiger partial charge in [0.2, 0.25) is 0 Å². The summed E-state index contributed by atoms with van der Waals surface area (Å²) in [7, 11) is 1.77. The van der Waals surface area contributed by atoms with E-state index < -0.39 is 0 Å². The molecule has 1 fully saturated rings. The third-order valence-electron chi connectivity index (χ3n) is 4.06. The van der Waals surface area contributed by atoms with Crippen molar-refractivity contribution in [3.63, 3.8) is 0 Å². The third-order valence-corrected chi connectivity index (χ3v) is 4.06. The average molecular weight is 280 g/mol. The first kappa shape index (κ1) is 15.3. The first-order valence-corrected chi connectivity index (χ1v) is 7.77. The van der Waals surface area contributed by atoms with Gasteiger partial charge in [-0.3, -0.25) is 4.68 Å². The van der Waals surface area contributed by atoms with Crippen LogP contribution in [0.2, 0.25) is 0 Å². The molecular weight excluding hydrogens is 252 g/mol. The zero-order valence-electron chi connectivity index (χ0n) is 13.0. The lowest BCUT2D eigenvalue weighted by atomic mass is 10.2. The van der Waals surface area contributed by atoms with Crippen LogP contribution < -0.4 is 5.32 Å². The van der Waals surface area contributed by atoms with E-state index >= 15 is 0 Å². The summed E-state index contributed by atoms with van der Waals surface area (Å²) in [5, 5.41) is 7.99. The van der Waals surface area contributed by atoms with Crippen molar-refractivity contribution in [2.75, 3.05) is 38.7 Å². The summed E-state index contributed by atoms with van der Waals surface area (Å²) in [6.45, 7) is 9.37. The molecule has 0 saturated heterocycles. The molecule has 1 aromatic heterocycles. The van der Waals surface area contributed by atoms with Crippen molar-refractivity contribution in [1.82, 2.24) is 14.7 Å². The van der Waals surface area contributed by atoms with Gasteiger partial charge < -0.3 is 15.0 Å². The molecule has 0 spiro atoms. The fourth-order valence-corrected chi connectivity index (χ4v) is 2.53. The van der Waals surface area contributed by atoms with E-state index in [9.17, 15) is 0 Å². The number of hydrogen-bond acceptors (Lipinski definition) is 4. The Bertz CT molecular complexity index is 385. The monoisotopic (exact) mass is 280 g/mol. The van der Waals surface area contributed by atoms with Crippen LogP contribution in [-0.4, -0.2) is 54.1 Å². The first-order valence-electron chi connectivity index (χ1n) is 7.77. The molecule has 0 bridgehead atoms. The Labute approximate surface area is 122 Å². The SMILES string of the molecule is CCN(CC)CCn1cc(NC(COC)C2CC2)cn1. The molecule has 0 aliphatic heterocycles. The number of nitrogens with one attached hydrogen (secondary N) is 1. The van der Waals surface area contributed by atoms with Crippen LogP contribution in [-0.2, 0) is 11.3 Å². The van der Waals surface area contributed by atoms with Crippen molar-refractivity contribution < 1.29 is 4.74 Å². The van der Waals surface area contributed by atoms with Crippen LogP contribution in [0.25, 0.3) is 0 Å². The number of methoxy groups -OCH3 is 1. The van der Waals surface area contributed by atoms with Crippen LogP contribution in [0.3, 0.4) is 0 Å². The van der Waals surface area contributed by atoms with Crippen molar-refractivity contribution in [2.45, 2.75) is 39.3 Å². The second kappa shape index (κ2) is 7.64. The second-order valence-electron chi connectivity index (χ2n) is 5.56. The van der Waals surface area contributed by atoms with Gasteiger partial charge in [-0.05, 0) is 31.8 Å². The van der Waals surface area contributed by atoms with E-state index in [1.165, 1.54) is 12.8 Å². The predicted molar refractivity (Wildman–Crippen MR) is 82.0 cm³/mol. The summed E-state index contributed by atoms with van der Waals surface area (Å²) in [5.41, 5.74) is 1.11. The highest BCUT2D eigenvalue weighted by Gasteiger charge is 2.31. The highest BCUT2D eigenvalue weighted by molar-refractivity contribution is 5.40. The van der Waals surface area contributed by atoms with Crippen LogP contribution in [0, 0.1) is 5.92 Å². The molecule has 2 rings (SSSR count). The molecule has 5 nitrogen and oxygen atoms in total. The highest BCUT2D eigenvalue weighted by Crippen LogP contribution is 2.34. The Morgan fingerprint density at radius 1 is 1.45 bits per heavy atom. The minimum absolute atomic E-state index is 0.431. The second-order valence-corrected chi connectivity index (χ2v) is 5.56. The Hall–Kier alpha value is -1.07. The molecule has 0 amide bonds. The number of likely N-dealkylation sites (N-methyl/N-ethyl adjacent to an activating group) is 1. The standard InChI is InChI=1S/C15H28N4O/c1-4-18(5-2)8-9-19-11-14(10-16-19)17-15(12-20-3)13-6-7-13/h10-11,13,15,17H,4-9,12H2,1-3H3. The molecule has 20 heavy (non-hydrogen) atoms. The van der Waals surface area contributed by atoms with E-state index in [-0.39, 0.29) is 0 Å². The van der Waals surface area contributed by atoms with Crippen LogP contribution >= 0.6 is 0 Å². The molecule has 1 atom stereocenters. The summed E-state index contributed by atoms with van der Waals surface area (Å²) in [6, 6.07) is 0.431. The molecule has 1 unspecified atom stereocenters. The lowest BCUT2D eigenvalue weighted by Gasteiger charge is -2.18. The Morgan fingerprint density at radius 2 is 2.20 bits per heavy atom. The van der Waals surface area contributed by atoms with Gasteiger partial charge in [-0.25, -0.2) is 0 Å². The Balaban J connectivity index is 1.81. The van der Waals surface area contributed by atoms with E-state index in [2.05, 4.69) is 35.4 Å². The van der Waals surface area contributed by atoms with Gasteiger partial charge in [-0.15, -0.1) is 0 Å². The number of anilines is 1. The fourth-order valence-electron chi connectivity index (χ4n) is 2.53. The first-order chi connectivity index (χ1) is 9.76. The topological polar surface area (TPSA) is 42.3 Å². The molecule has 0 aromatic carbocycles. The number of nitrogens with zero attached hydrogens (tertiary/aromatic N) is 3. The van der Waals surface area contributed by atoms with Crippen molar-refractivity contribution in [2.24, 2.45) is 5.92 Å². The fraction of sp³-hybridized carbons (Fsp3) is 0.800. The molecule has 1 saturated carbocycles. The molecule has 1 aliphatic carbocycles. The Kier molecular flexibility index (Phi) is 5.86. The van der Waals surface area contributed by atoms with Crippen LogP contribution in [0.5, 0.6) is 0 Å². The maximum Gasteiger partial charge on any atom is 0.0729 e. The molecule has 1 N–H and O–H groups in total. The van der Waals surface area contributed by atoms with Gasteiger partial charge in [-0.1, -0.05) is 13.8 Å². The summed E-state index contributed by atoms with van der Waals surface area (Å²) >= 11 is 0. The van der Waals surface area contributed by atoms with E-state index in [1.54, 1.807) is 7.11 Å². The van der Waals surface area contributed by atoms with E-state index in [4.69, 9.17) is 4.74 Å². The molecule has 1 aromatic rings. The van der Waals surface area contributed by atoms with Gasteiger partial charge in [0.15, 0.2) is 0 Å². The number of aromatic nitrogens is 2. The normalized spacial score (nSPS) is 16.6. The molecule has 114 valence electrons. The van der Waals surface area contributed by atoms with Gasteiger partial charge in [0, 0.05) is 19.9 Å². The number of ether oxygens (including phenoxy) is 1. The van der Waals surface area contributed by atoms with Gasteiger partial charge in [0.25, 0.3) is 0 Å². The maximum absolute atomic E-state index is 5.30. The van der Waals surface area contributed by atoms with E-state index in [1.807, 2.05) is 10.9 Å².